The molecule has 1 atom stereocenters. The van der Waals surface area contributed by atoms with Gasteiger partial charge in [0.25, 0.3) is 0 Å². The van der Waals surface area contributed by atoms with Gasteiger partial charge in [-0.3, -0.25) is 4.79 Å². The fraction of sp³-hybridized carbons (Fsp3) is 0.440. The molecule has 34 heavy (non-hydrogen) atoms. The third kappa shape index (κ3) is 6.02. The number of benzene rings is 1. The Kier molecular flexibility index (Phi) is 8.44. The monoisotopic (exact) mass is 482 g/mol. The van der Waals surface area contributed by atoms with E-state index in [0.717, 1.165) is 34.6 Å². The fourth-order valence-corrected chi connectivity index (χ4v) is 5.17. The summed E-state index contributed by atoms with van der Waals surface area (Å²) in [5, 5.41) is 14.7. The Bertz CT molecular complexity index is 1160. The number of nitrogen functional groups attached to an aromatic ring is 1. The molecule has 9 heteroatoms. The molecule has 0 radical (unpaired) electrons. The van der Waals surface area contributed by atoms with E-state index in [0.29, 0.717) is 29.3 Å². The fourth-order valence-electron chi connectivity index (χ4n) is 3.82. The molecule has 2 aromatic heterocycles. The van der Waals surface area contributed by atoms with Crippen molar-refractivity contribution in [3.63, 3.8) is 0 Å². The zero-order valence-electron chi connectivity index (χ0n) is 20.4. The summed E-state index contributed by atoms with van der Waals surface area (Å²) < 4.78 is 5.96. The predicted octanol–water partition coefficient (Wildman–Crippen LogP) is 5.07. The number of aryl methyl sites for hydroxylation is 1. The van der Waals surface area contributed by atoms with Crippen LogP contribution in [0.2, 0.25) is 0 Å². The summed E-state index contributed by atoms with van der Waals surface area (Å²) >= 11 is 1.77. The summed E-state index contributed by atoms with van der Waals surface area (Å²) in [7, 11) is 0. The van der Waals surface area contributed by atoms with Crippen molar-refractivity contribution in [2.24, 2.45) is 5.92 Å². The largest absolute Gasteiger partial charge is 0.489 e. The van der Waals surface area contributed by atoms with Crippen molar-refractivity contribution in [3.05, 3.63) is 34.5 Å². The minimum Gasteiger partial charge on any atom is -0.489 e. The van der Waals surface area contributed by atoms with E-state index in [1.807, 2.05) is 33.8 Å². The molecule has 4 rings (SSSR count). The number of thiophene rings is 1. The van der Waals surface area contributed by atoms with E-state index in [1.54, 1.807) is 23.7 Å². The lowest BCUT2D eigenvalue weighted by molar-refractivity contribution is -0.109. The highest BCUT2D eigenvalue weighted by Crippen LogP contribution is 2.41. The van der Waals surface area contributed by atoms with Gasteiger partial charge in [-0.25, -0.2) is 9.97 Å². The molecule has 1 aliphatic carbocycles. The summed E-state index contributed by atoms with van der Waals surface area (Å²) in [5.74, 6) is 2.15. The van der Waals surface area contributed by atoms with E-state index in [4.69, 9.17) is 15.9 Å². The van der Waals surface area contributed by atoms with Crippen LogP contribution in [0.15, 0.2) is 18.5 Å². The van der Waals surface area contributed by atoms with Gasteiger partial charge in [0.15, 0.2) is 0 Å². The van der Waals surface area contributed by atoms with Crippen LogP contribution in [0.5, 0.6) is 5.75 Å². The SMILES string of the molecule is CC(C)NC=O.CC1CCc2c(sc3ncnc(Nc4cc(C=N)c(N)cc4OC(C)C)c23)C1. The van der Waals surface area contributed by atoms with Crippen LogP contribution in [0.4, 0.5) is 17.2 Å². The molecule has 1 unspecified atom stereocenters. The third-order valence-electron chi connectivity index (χ3n) is 5.45. The van der Waals surface area contributed by atoms with E-state index in [9.17, 15) is 4.79 Å². The van der Waals surface area contributed by atoms with Gasteiger partial charge in [0.2, 0.25) is 6.41 Å². The maximum Gasteiger partial charge on any atom is 0.207 e. The minimum atomic E-state index is 0.00611. The lowest BCUT2D eigenvalue weighted by atomic mass is 9.89. The van der Waals surface area contributed by atoms with Crippen LogP contribution in [0.25, 0.3) is 10.2 Å². The smallest absolute Gasteiger partial charge is 0.207 e. The Balaban J connectivity index is 0.000000481. The molecule has 0 aliphatic heterocycles. The van der Waals surface area contributed by atoms with Gasteiger partial charge in [-0.05, 0) is 64.5 Å². The van der Waals surface area contributed by atoms with Crippen LogP contribution >= 0.6 is 11.3 Å². The highest BCUT2D eigenvalue weighted by molar-refractivity contribution is 7.19. The number of nitrogens with zero attached hydrogens (tertiary/aromatic N) is 2. The molecule has 0 bridgehead atoms. The van der Waals surface area contributed by atoms with Gasteiger partial charge < -0.3 is 26.5 Å². The normalized spacial score (nSPS) is 14.9. The molecule has 5 N–H and O–H groups in total. The molecule has 0 spiro atoms. The number of anilines is 3. The number of fused-ring (bicyclic) bond motifs is 3. The maximum absolute atomic E-state index is 9.50. The molecule has 182 valence electrons. The van der Waals surface area contributed by atoms with Crippen LogP contribution in [0.1, 0.15) is 57.0 Å². The van der Waals surface area contributed by atoms with Crippen molar-refractivity contribution in [1.82, 2.24) is 15.3 Å². The lowest BCUT2D eigenvalue weighted by Crippen LogP contribution is -2.19. The zero-order valence-corrected chi connectivity index (χ0v) is 21.3. The van der Waals surface area contributed by atoms with Gasteiger partial charge in [0, 0.05) is 34.5 Å². The molecule has 0 fully saturated rings. The molecule has 0 saturated heterocycles. The molecule has 0 saturated carbocycles. The molecular formula is C25H34N6O2S. The van der Waals surface area contributed by atoms with Gasteiger partial charge in [-0.2, -0.15) is 0 Å². The first kappa shape index (κ1) is 25.4. The van der Waals surface area contributed by atoms with Crippen molar-refractivity contribution in [3.8, 4) is 5.75 Å². The summed E-state index contributed by atoms with van der Waals surface area (Å²) in [6, 6.07) is 3.89. The van der Waals surface area contributed by atoms with Crippen molar-refractivity contribution < 1.29 is 9.53 Å². The molecule has 3 aromatic rings. The van der Waals surface area contributed by atoms with Crippen molar-refractivity contribution >= 4 is 51.4 Å². The maximum atomic E-state index is 9.50. The lowest BCUT2D eigenvalue weighted by Gasteiger charge is -2.19. The number of nitrogens with two attached hydrogens (primary N) is 1. The van der Waals surface area contributed by atoms with E-state index in [2.05, 4.69) is 27.5 Å². The molecule has 1 aromatic carbocycles. The van der Waals surface area contributed by atoms with Gasteiger partial charge in [0.05, 0.1) is 17.2 Å². The topological polar surface area (TPSA) is 126 Å². The van der Waals surface area contributed by atoms with E-state index >= 15 is 0 Å². The Morgan fingerprint density at radius 1 is 1.26 bits per heavy atom. The highest BCUT2D eigenvalue weighted by atomic mass is 32.1. The van der Waals surface area contributed by atoms with E-state index in [-0.39, 0.29) is 12.1 Å². The second-order valence-corrected chi connectivity index (χ2v) is 10.2. The number of rotatable bonds is 7. The van der Waals surface area contributed by atoms with Crippen LogP contribution in [-0.2, 0) is 17.6 Å². The van der Waals surface area contributed by atoms with Crippen LogP contribution in [0.3, 0.4) is 0 Å². The number of ether oxygens (including phenoxy) is 1. The van der Waals surface area contributed by atoms with Crippen LogP contribution < -0.4 is 21.1 Å². The summed E-state index contributed by atoms with van der Waals surface area (Å²) in [5.41, 5.74) is 9.35. The summed E-state index contributed by atoms with van der Waals surface area (Å²) in [6.45, 7) is 10.1. The van der Waals surface area contributed by atoms with Crippen molar-refractivity contribution in [1.29, 1.82) is 5.41 Å². The van der Waals surface area contributed by atoms with Gasteiger partial charge >= 0.3 is 0 Å². The highest BCUT2D eigenvalue weighted by Gasteiger charge is 2.23. The Labute approximate surface area is 204 Å². The third-order valence-corrected chi connectivity index (χ3v) is 6.61. The average Bonchev–Trinajstić information content (AvgIpc) is 3.13. The first-order valence-electron chi connectivity index (χ1n) is 11.6. The Hall–Kier alpha value is -3.20. The summed E-state index contributed by atoms with van der Waals surface area (Å²) in [4.78, 5) is 21.0. The Morgan fingerprint density at radius 3 is 2.65 bits per heavy atom. The van der Waals surface area contributed by atoms with Gasteiger partial charge in [-0.15, -0.1) is 11.3 Å². The predicted molar refractivity (Wildman–Crippen MR) is 141 cm³/mol. The first-order chi connectivity index (χ1) is 16.2. The van der Waals surface area contributed by atoms with Crippen molar-refractivity contribution in [2.75, 3.05) is 11.1 Å². The first-order valence-corrected chi connectivity index (χ1v) is 12.4. The molecule has 1 amide bonds. The number of aromatic nitrogens is 2. The van der Waals surface area contributed by atoms with Crippen LogP contribution in [-0.4, -0.2) is 34.7 Å². The second kappa shape index (κ2) is 11.3. The van der Waals surface area contributed by atoms with Gasteiger partial charge in [-0.1, -0.05) is 6.92 Å². The number of hydrogen-bond donors (Lipinski definition) is 4. The molecule has 1 aliphatic rings. The number of carbonyl (C=O) groups is 1. The average molecular weight is 483 g/mol. The molecule has 2 heterocycles. The second-order valence-electron chi connectivity index (χ2n) is 9.11. The standard InChI is InChI=1S/C21H25N5OS.C4H9NO/c1-11(2)27-17-8-15(23)13(9-22)7-16(17)26-20-19-14-5-4-12(3)6-18(14)28-21(19)25-10-24-20;1-4(2)5-3-6/h7-12,22H,4-6,23H2,1-3H3,(H,24,25,26);3-4H,1-2H3,(H,5,6). The number of nitrogens with one attached hydrogen (secondary N) is 3. The molecular weight excluding hydrogens is 448 g/mol. The molecule has 8 nitrogen and oxygen atoms in total. The number of amides is 1. The Morgan fingerprint density at radius 2 is 2.03 bits per heavy atom. The quantitative estimate of drug-likeness (QED) is 0.212. The van der Waals surface area contributed by atoms with Crippen molar-refractivity contribution in [2.45, 2.75) is 66.0 Å². The zero-order chi connectivity index (χ0) is 24.8. The van der Waals surface area contributed by atoms with Gasteiger partial charge in [0.1, 0.15) is 22.7 Å². The summed E-state index contributed by atoms with van der Waals surface area (Å²) in [6.07, 6.45) is 6.92. The minimum absolute atomic E-state index is 0.00611. The number of hydrogen-bond acceptors (Lipinski definition) is 8. The number of carbonyl (C=O) groups excluding carboxylic acids is 1. The van der Waals surface area contributed by atoms with E-state index in [1.165, 1.54) is 23.1 Å². The van der Waals surface area contributed by atoms with Crippen LogP contribution in [0, 0.1) is 11.3 Å². The van der Waals surface area contributed by atoms with E-state index < -0.39 is 0 Å².